The molecule has 0 saturated heterocycles. The monoisotopic (exact) mass is 315 g/mol. The zero-order valence-electron chi connectivity index (χ0n) is 14.6. The molecule has 24 heavy (non-hydrogen) atoms. The maximum absolute atomic E-state index is 4.56. The zero-order chi connectivity index (χ0) is 16.8. The summed E-state index contributed by atoms with van der Waals surface area (Å²) in [7, 11) is 0. The molecule has 0 fully saturated rings. The summed E-state index contributed by atoms with van der Waals surface area (Å²) in [5, 5.41) is 0. The summed E-state index contributed by atoms with van der Waals surface area (Å²) in [5.74, 6) is 0. The standard InChI is InChI=1S/C23H25N/c1-3-18-5-7-20(8-6-18)9-10-21-11-14-22(15-12-21)23-16-13-19(4-2)17-24-23/h5-8,11-17H,3-4,9-10H2,1-2H3. The van der Waals surface area contributed by atoms with Crippen molar-refractivity contribution in [1.29, 1.82) is 0 Å². The third kappa shape index (κ3) is 4.11. The van der Waals surface area contributed by atoms with Crippen LogP contribution in [0.1, 0.15) is 36.1 Å². The highest BCUT2D eigenvalue weighted by molar-refractivity contribution is 5.59. The molecule has 0 radical (unpaired) electrons. The van der Waals surface area contributed by atoms with Crippen molar-refractivity contribution in [2.75, 3.05) is 0 Å². The van der Waals surface area contributed by atoms with Crippen LogP contribution in [0.25, 0.3) is 11.3 Å². The second-order valence-electron chi connectivity index (χ2n) is 6.27. The molecular weight excluding hydrogens is 290 g/mol. The van der Waals surface area contributed by atoms with Gasteiger partial charge in [-0.15, -0.1) is 0 Å². The average Bonchev–Trinajstić information content (AvgIpc) is 2.67. The predicted octanol–water partition coefficient (Wildman–Crippen LogP) is 5.66. The Balaban J connectivity index is 1.63. The number of aromatic nitrogens is 1. The van der Waals surface area contributed by atoms with Crippen molar-refractivity contribution in [3.63, 3.8) is 0 Å². The molecule has 0 atom stereocenters. The number of hydrogen-bond donors (Lipinski definition) is 0. The van der Waals surface area contributed by atoms with Gasteiger partial charge >= 0.3 is 0 Å². The van der Waals surface area contributed by atoms with Crippen LogP contribution in [0.5, 0.6) is 0 Å². The third-order valence-electron chi connectivity index (χ3n) is 4.62. The number of benzene rings is 2. The van der Waals surface area contributed by atoms with Gasteiger partial charge in [-0.25, -0.2) is 0 Å². The first kappa shape index (κ1) is 16.4. The second kappa shape index (κ2) is 7.92. The van der Waals surface area contributed by atoms with Crippen molar-refractivity contribution in [1.82, 2.24) is 4.98 Å². The van der Waals surface area contributed by atoms with Gasteiger partial charge in [-0.2, -0.15) is 0 Å². The minimum absolute atomic E-state index is 1.03. The summed E-state index contributed by atoms with van der Waals surface area (Å²) in [4.78, 5) is 4.56. The molecule has 0 bridgehead atoms. The molecule has 3 aromatic rings. The van der Waals surface area contributed by atoms with Crippen LogP contribution in [0.3, 0.4) is 0 Å². The largest absolute Gasteiger partial charge is 0.256 e. The van der Waals surface area contributed by atoms with Crippen molar-refractivity contribution >= 4 is 0 Å². The molecule has 0 amide bonds. The van der Waals surface area contributed by atoms with E-state index in [4.69, 9.17) is 0 Å². The van der Waals surface area contributed by atoms with E-state index in [9.17, 15) is 0 Å². The van der Waals surface area contributed by atoms with E-state index >= 15 is 0 Å². The Morgan fingerprint density at radius 3 is 1.58 bits per heavy atom. The lowest BCUT2D eigenvalue weighted by Crippen LogP contribution is -1.92. The van der Waals surface area contributed by atoms with Crippen molar-refractivity contribution in [3.8, 4) is 11.3 Å². The minimum Gasteiger partial charge on any atom is -0.256 e. The van der Waals surface area contributed by atoms with Gasteiger partial charge in [0.1, 0.15) is 0 Å². The molecule has 122 valence electrons. The van der Waals surface area contributed by atoms with Gasteiger partial charge in [0.2, 0.25) is 0 Å². The van der Waals surface area contributed by atoms with Crippen LogP contribution < -0.4 is 0 Å². The third-order valence-corrected chi connectivity index (χ3v) is 4.62. The Morgan fingerprint density at radius 2 is 1.08 bits per heavy atom. The summed E-state index contributed by atoms with van der Waals surface area (Å²) in [6.07, 6.45) is 6.28. The summed E-state index contributed by atoms with van der Waals surface area (Å²) in [6.45, 7) is 4.35. The highest BCUT2D eigenvalue weighted by Crippen LogP contribution is 2.19. The van der Waals surface area contributed by atoms with E-state index in [1.54, 1.807) is 0 Å². The fourth-order valence-corrected chi connectivity index (χ4v) is 2.88. The van der Waals surface area contributed by atoms with Crippen LogP contribution >= 0.6 is 0 Å². The van der Waals surface area contributed by atoms with Crippen molar-refractivity contribution < 1.29 is 0 Å². The second-order valence-corrected chi connectivity index (χ2v) is 6.27. The van der Waals surface area contributed by atoms with Crippen LogP contribution in [-0.4, -0.2) is 4.98 Å². The lowest BCUT2D eigenvalue weighted by molar-refractivity contribution is 0.957. The highest BCUT2D eigenvalue weighted by atomic mass is 14.7. The number of hydrogen-bond acceptors (Lipinski definition) is 1. The van der Waals surface area contributed by atoms with Crippen LogP contribution in [0.4, 0.5) is 0 Å². The van der Waals surface area contributed by atoms with Gasteiger partial charge in [0.15, 0.2) is 0 Å². The van der Waals surface area contributed by atoms with Crippen molar-refractivity contribution in [2.45, 2.75) is 39.5 Å². The molecule has 0 N–H and O–H groups in total. The fraction of sp³-hybridized carbons (Fsp3) is 0.261. The molecule has 1 nitrogen and oxygen atoms in total. The molecule has 0 spiro atoms. The molecule has 1 aromatic heterocycles. The van der Waals surface area contributed by atoms with Crippen molar-refractivity contribution in [3.05, 3.63) is 89.1 Å². The molecule has 0 unspecified atom stereocenters. The van der Waals surface area contributed by atoms with Gasteiger partial charge in [0, 0.05) is 11.8 Å². The van der Waals surface area contributed by atoms with E-state index in [1.165, 1.54) is 27.8 Å². The Bertz CT molecular complexity index is 753. The fourth-order valence-electron chi connectivity index (χ4n) is 2.88. The Morgan fingerprint density at radius 1 is 0.583 bits per heavy atom. The van der Waals surface area contributed by atoms with Crippen LogP contribution in [0, 0.1) is 0 Å². The number of nitrogens with zero attached hydrogens (tertiary/aromatic N) is 1. The normalized spacial score (nSPS) is 10.8. The van der Waals surface area contributed by atoms with Gasteiger partial charge < -0.3 is 0 Å². The Kier molecular flexibility index (Phi) is 5.43. The van der Waals surface area contributed by atoms with Crippen LogP contribution in [-0.2, 0) is 25.7 Å². The lowest BCUT2D eigenvalue weighted by atomic mass is 10.0. The van der Waals surface area contributed by atoms with Crippen LogP contribution in [0.15, 0.2) is 66.9 Å². The van der Waals surface area contributed by atoms with Gasteiger partial charge in [0.25, 0.3) is 0 Å². The number of pyridine rings is 1. The molecule has 2 aromatic carbocycles. The van der Waals surface area contributed by atoms with E-state index in [1.807, 2.05) is 6.20 Å². The molecule has 1 heteroatoms. The Labute approximate surface area is 145 Å². The highest BCUT2D eigenvalue weighted by Gasteiger charge is 2.01. The van der Waals surface area contributed by atoms with Crippen molar-refractivity contribution in [2.24, 2.45) is 0 Å². The molecule has 3 rings (SSSR count). The van der Waals surface area contributed by atoms with E-state index < -0.39 is 0 Å². The quantitative estimate of drug-likeness (QED) is 0.572. The topological polar surface area (TPSA) is 12.9 Å². The summed E-state index contributed by atoms with van der Waals surface area (Å²) < 4.78 is 0. The number of rotatable bonds is 6. The average molecular weight is 315 g/mol. The summed E-state index contributed by atoms with van der Waals surface area (Å²) >= 11 is 0. The Hall–Kier alpha value is -2.41. The molecule has 1 heterocycles. The van der Waals surface area contributed by atoms with Crippen LogP contribution in [0.2, 0.25) is 0 Å². The maximum Gasteiger partial charge on any atom is 0.0702 e. The van der Waals surface area contributed by atoms with Gasteiger partial charge in [-0.1, -0.05) is 68.4 Å². The minimum atomic E-state index is 1.03. The molecule has 0 aliphatic heterocycles. The predicted molar refractivity (Wildman–Crippen MR) is 102 cm³/mol. The van der Waals surface area contributed by atoms with E-state index in [0.717, 1.165) is 31.4 Å². The molecule has 0 saturated carbocycles. The van der Waals surface area contributed by atoms with E-state index in [-0.39, 0.29) is 0 Å². The van der Waals surface area contributed by atoms with E-state index in [0.29, 0.717) is 0 Å². The molecule has 0 aliphatic rings. The van der Waals surface area contributed by atoms with E-state index in [2.05, 4.69) is 79.5 Å². The zero-order valence-corrected chi connectivity index (χ0v) is 14.6. The lowest BCUT2D eigenvalue weighted by Gasteiger charge is -2.06. The smallest absolute Gasteiger partial charge is 0.0702 e. The first-order valence-corrected chi connectivity index (χ1v) is 8.90. The first-order chi connectivity index (χ1) is 11.8. The first-order valence-electron chi connectivity index (χ1n) is 8.90. The molecular formula is C23H25N. The molecule has 0 aliphatic carbocycles. The SMILES string of the molecule is CCc1ccc(CCc2ccc(-c3ccc(CC)cn3)cc2)cc1. The summed E-state index contributed by atoms with van der Waals surface area (Å²) in [5.41, 5.74) is 7.72. The summed E-state index contributed by atoms with van der Waals surface area (Å²) in [6, 6.07) is 22.1. The number of aryl methyl sites for hydroxylation is 4. The maximum atomic E-state index is 4.56. The van der Waals surface area contributed by atoms with Gasteiger partial charge in [0.05, 0.1) is 5.69 Å². The van der Waals surface area contributed by atoms with Gasteiger partial charge in [-0.05, 0) is 54.0 Å². The van der Waals surface area contributed by atoms with Gasteiger partial charge in [-0.3, -0.25) is 4.98 Å².